The zero-order valence-corrected chi connectivity index (χ0v) is 18.1. The molecule has 188 valence electrons. The second kappa shape index (κ2) is 10.0. The Balaban J connectivity index is 1.36. The first-order valence-electron chi connectivity index (χ1n) is 10.5. The normalized spacial score (nSPS) is 16.3. The number of piperazine rings is 1. The summed E-state index contributed by atoms with van der Waals surface area (Å²) in [6.45, 7) is 1.12. The van der Waals surface area contributed by atoms with Crippen molar-refractivity contribution < 1.29 is 46.1 Å². The van der Waals surface area contributed by atoms with Gasteiger partial charge in [0.25, 0.3) is 5.91 Å². The molecule has 0 saturated carbocycles. The van der Waals surface area contributed by atoms with E-state index in [0.29, 0.717) is 31.1 Å². The summed E-state index contributed by atoms with van der Waals surface area (Å²) in [6.07, 6.45) is 0. The largest absolute Gasteiger partial charge is 0.454 e. The highest BCUT2D eigenvalue weighted by Crippen LogP contribution is 2.33. The number of hydrogen-bond donors (Lipinski definition) is 2. The van der Waals surface area contributed by atoms with Gasteiger partial charge in [0.15, 0.2) is 34.8 Å². The number of carbonyl (C=O) groups excluding carboxylic acids is 2. The third-order valence-corrected chi connectivity index (χ3v) is 5.75. The van der Waals surface area contributed by atoms with Crippen LogP contribution in [0.15, 0.2) is 18.2 Å². The van der Waals surface area contributed by atoms with Gasteiger partial charge in [0.1, 0.15) is 11.6 Å². The van der Waals surface area contributed by atoms with E-state index in [1.54, 1.807) is 6.07 Å². The summed E-state index contributed by atoms with van der Waals surface area (Å²) in [4.78, 5) is 28.4. The van der Waals surface area contributed by atoms with Crippen LogP contribution in [0.5, 0.6) is 11.5 Å². The van der Waals surface area contributed by atoms with Crippen molar-refractivity contribution in [1.29, 1.82) is 0 Å². The molecule has 35 heavy (non-hydrogen) atoms. The van der Waals surface area contributed by atoms with E-state index in [1.807, 2.05) is 17.4 Å². The second-order valence-corrected chi connectivity index (χ2v) is 7.94. The molecular formula is C22H20F5N3O5. The zero-order valence-electron chi connectivity index (χ0n) is 18.1. The predicted molar refractivity (Wildman–Crippen MR) is 109 cm³/mol. The number of amides is 2. The van der Waals surface area contributed by atoms with Crippen LogP contribution in [0.3, 0.4) is 0 Å². The third-order valence-electron chi connectivity index (χ3n) is 5.75. The Bertz CT molecular complexity index is 1130. The van der Waals surface area contributed by atoms with E-state index in [0.717, 1.165) is 5.56 Å². The van der Waals surface area contributed by atoms with Gasteiger partial charge in [-0.2, -0.15) is 0 Å². The number of nitrogens with zero attached hydrogens (tertiary/aromatic N) is 2. The Labute approximate surface area is 195 Å². The summed E-state index contributed by atoms with van der Waals surface area (Å²) in [5, 5.41) is 11.4. The van der Waals surface area contributed by atoms with Gasteiger partial charge < -0.3 is 24.8 Å². The van der Waals surface area contributed by atoms with E-state index in [9.17, 15) is 36.6 Å². The lowest BCUT2D eigenvalue weighted by atomic mass is 10.1. The summed E-state index contributed by atoms with van der Waals surface area (Å²) >= 11 is 0. The van der Waals surface area contributed by atoms with Crippen LogP contribution < -0.4 is 14.8 Å². The summed E-state index contributed by atoms with van der Waals surface area (Å²) in [6, 6.07) is 3.91. The maximum Gasteiger partial charge on any atom is 0.258 e. The highest BCUT2D eigenvalue weighted by molar-refractivity contribution is 5.98. The maximum atomic E-state index is 13.9. The van der Waals surface area contributed by atoms with Crippen LogP contribution in [0.2, 0.25) is 0 Å². The molecule has 2 aromatic rings. The fourth-order valence-corrected chi connectivity index (χ4v) is 3.86. The minimum absolute atomic E-state index is 0.159. The molecular weight excluding hydrogens is 481 g/mol. The molecule has 8 nitrogen and oxygen atoms in total. The second-order valence-electron chi connectivity index (χ2n) is 7.94. The summed E-state index contributed by atoms with van der Waals surface area (Å²) in [5.74, 6) is -12.8. The van der Waals surface area contributed by atoms with E-state index < -0.39 is 59.1 Å². The number of aliphatic hydroxyl groups is 1. The number of carbonyl (C=O) groups is 2. The van der Waals surface area contributed by atoms with E-state index in [1.165, 1.54) is 4.90 Å². The van der Waals surface area contributed by atoms with Crippen LogP contribution in [-0.4, -0.2) is 72.3 Å². The van der Waals surface area contributed by atoms with Crippen molar-refractivity contribution in [2.45, 2.75) is 12.6 Å². The molecule has 2 aliphatic heterocycles. The molecule has 0 aliphatic carbocycles. The van der Waals surface area contributed by atoms with E-state index in [-0.39, 0.29) is 19.9 Å². The standard InChI is InChI=1S/C22H20F5N3O5/c23-16-15(17(24)19(26)20(27)18(16)25)21(32)28-12(9-31)22(33)30-5-3-29(4-6-30)8-11-1-2-13-14(7-11)35-10-34-13/h1-2,7,12,31H,3-6,8-10H2,(H,28,32). The van der Waals surface area contributed by atoms with Crippen LogP contribution in [0.25, 0.3) is 0 Å². The van der Waals surface area contributed by atoms with Gasteiger partial charge in [0.2, 0.25) is 18.5 Å². The highest BCUT2D eigenvalue weighted by atomic mass is 19.2. The van der Waals surface area contributed by atoms with E-state index in [2.05, 4.69) is 4.90 Å². The van der Waals surface area contributed by atoms with Gasteiger partial charge in [0, 0.05) is 32.7 Å². The average Bonchev–Trinajstić information content (AvgIpc) is 3.33. The van der Waals surface area contributed by atoms with Gasteiger partial charge in [0.05, 0.1) is 6.61 Å². The molecule has 0 aromatic heterocycles. The number of halogens is 5. The smallest absolute Gasteiger partial charge is 0.258 e. The Kier molecular flexibility index (Phi) is 7.08. The van der Waals surface area contributed by atoms with Gasteiger partial charge in [-0.15, -0.1) is 0 Å². The van der Waals surface area contributed by atoms with Crippen molar-refractivity contribution in [3.05, 3.63) is 58.4 Å². The predicted octanol–water partition coefficient (Wildman–Crippen LogP) is 1.55. The van der Waals surface area contributed by atoms with E-state index >= 15 is 0 Å². The number of nitrogens with one attached hydrogen (secondary N) is 1. The fraction of sp³-hybridized carbons (Fsp3) is 0.364. The van der Waals surface area contributed by atoms with Crippen molar-refractivity contribution in [3.8, 4) is 11.5 Å². The SMILES string of the molecule is O=C(NC(CO)C(=O)N1CCN(Cc2ccc3c(c2)OCO3)CC1)c1c(F)c(F)c(F)c(F)c1F. The molecule has 2 aliphatic rings. The first kappa shape index (κ1) is 24.7. The summed E-state index contributed by atoms with van der Waals surface area (Å²) < 4.78 is 78.5. The van der Waals surface area contributed by atoms with Crippen molar-refractivity contribution in [3.63, 3.8) is 0 Å². The molecule has 0 radical (unpaired) electrons. The Morgan fingerprint density at radius 1 is 0.914 bits per heavy atom. The number of ether oxygens (including phenoxy) is 2. The number of fused-ring (bicyclic) bond motifs is 1. The molecule has 2 N–H and O–H groups in total. The maximum absolute atomic E-state index is 13.9. The number of rotatable bonds is 6. The first-order chi connectivity index (χ1) is 16.7. The van der Waals surface area contributed by atoms with Crippen LogP contribution in [0, 0.1) is 29.1 Å². The Hall–Kier alpha value is -3.45. The molecule has 13 heteroatoms. The van der Waals surface area contributed by atoms with Crippen molar-refractivity contribution in [2.24, 2.45) is 0 Å². The quantitative estimate of drug-likeness (QED) is 0.355. The Morgan fingerprint density at radius 3 is 2.14 bits per heavy atom. The van der Waals surface area contributed by atoms with Crippen molar-refractivity contribution in [1.82, 2.24) is 15.1 Å². The van der Waals surface area contributed by atoms with Gasteiger partial charge in [-0.05, 0) is 17.7 Å². The molecule has 0 bridgehead atoms. The van der Waals surface area contributed by atoms with Crippen molar-refractivity contribution in [2.75, 3.05) is 39.6 Å². The molecule has 2 amide bonds. The summed E-state index contributed by atoms with van der Waals surface area (Å²) in [7, 11) is 0. The van der Waals surface area contributed by atoms with Crippen LogP contribution in [-0.2, 0) is 11.3 Å². The number of benzene rings is 2. The lowest BCUT2D eigenvalue weighted by molar-refractivity contribution is -0.136. The lowest BCUT2D eigenvalue weighted by Crippen LogP contribution is -2.56. The average molecular weight is 501 g/mol. The molecule has 1 atom stereocenters. The van der Waals surface area contributed by atoms with Gasteiger partial charge >= 0.3 is 0 Å². The molecule has 1 unspecified atom stereocenters. The molecule has 4 rings (SSSR count). The molecule has 1 saturated heterocycles. The van der Waals surface area contributed by atoms with Crippen LogP contribution in [0.4, 0.5) is 22.0 Å². The van der Waals surface area contributed by atoms with Crippen LogP contribution in [0.1, 0.15) is 15.9 Å². The van der Waals surface area contributed by atoms with Gasteiger partial charge in [-0.3, -0.25) is 14.5 Å². The van der Waals surface area contributed by atoms with Crippen molar-refractivity contribution >= 4 is 11.8 Å². The molecule has 1 fully saturated rings. The van der Waals surface area contributed by atoms with E-state index in [4.69, 9.17) is 9.47 Å². The Morgan fingerprint density at radius 2 is 1.51 bits per heavy atom. The number of hydrogen-bond acceptors (Lipinski definition) is 6. The topological polar surface area (TPSA) is 91.3 Å². The molecule has 2 heterocycles. The monoisotopic (exact) mass is 501 g/mol. The third kappa shape index (κ3) is 4.86. The lowest BCUT2D eigenvalue weighted by Gasteiger charge is -2.36. The zero-order chi connectivity index (χ0) is 25.3. The minimum Gasteiger partial charge on any atom is -0.454 e. The summed E-state index contributed by atoms with van der Waals surface area (Å²) in [5.41, 5.74) is -0.765. The fourth-order valence-electron chi connectivity index (χ4n) is 3.86. The van der Waals surface area contributed by atoms with Gasteiger partial charge in [-0.1, -0.05) is 6.07 Å². The minimum atomic E-state index is -2.41. The molecule has 2 aromatic carbocycles. The van der Waals surface area contributed by atoms with Crippen LogP contribution >= 0.6 is 0 Å². The highest BCUT2D eigenvalue weighted by Gasteiger charge is 2.33. The molecule has 0 spiro atoms. The first-order valence-corrected chi connectivity index (χ1v) is 10.5. The number of aliphatic hydroxyl groups excluding tert-OH is 1. The van der Waals surface area contributed by atoms with Gasteiger partial charge in [-0.25, -0.2) is 22.0 Å².